The topological polar surface area (TPSA) is 62.3 Å². The molecule has 2 aromatic carbocycles. The van der Waals surface area contributed by atoms with Crippen LogP contribution in [0.1, 0.15) is 44.7 Å². The number of ether oxygens (including phenoxy) is 1. The highest BCUT2D eigenvalue weighted by Gasteiger charge is 2.24. The van der Waals surface area contributed by atoms with Crippen LogP contribution in [0.3, 0.4) is 0 Å². The fourth-order valence-electron chi connectivity index (χ4n) is 4.68. The molecule has 1 fully saturated rings. The van der Waals surface area contributed by atoms with E-state index in [4.69, 9.17) is 14.7 Å². The number of nitrogens with one attached hydrogen (secondary N) is 2. The number of aromatic nitrogens is 2. The van der Waals surface area contributed by atoms with Crippen LogP contribution in [0.4, 0.5) is 11.8 Å². The van der Waals surface area contributed by atoms with Crippen molar-refractivity contribution in [2.45, 2.75) is 58.7 Å². The summed E-state index contributed by atoms with van der Waals surface area (Å²) < 4.78 is 6.44. The minimum Gasteiger partial charge on any atom is -0.497 e. The van der Waals surface area contributed by atoms with Gasteiger partial charge in [0.15, 0.2) is 5.82 Å². The first kappa shape index (κ1) is 25.5. The number of aryl methyl sites for hydroxylation is 1. The molecule has 194 valence electrons. The summed E-state index contributed by atoms with van der Waals surface area (Å²) in [5, 5.41) is 7.25. The molecule has 2 N–H and O–H groups in total. The lowest BCUT2D eigenvalue weighted by molar-refractivity contribution is 0.410. The Bertz CT molecular complexity index is 1330. The van der Waals surface area contributed by atoms with Crippen molar-refractivity contribution in [3.63, 3.8) is 0 Å². The molecule has 0 saturated carbocycles. The van der Waals surface area contributed by atoms with Gasteiger partial charge in [0.1, 0.15) is 5.75 Å². The van der Waals surface area contributed by atoms with Gasteiger partial charge in [0.25, 0.3) is 0 Å². The Labute approximate surface area is 224 Å². The summed E-state index contributed by atoms with van der Waals surface area (Å²) in [5.41, 5.74) is 4.67. The van der Waals surface area contributed by atoms with E-state index in [9.17, 15) is 0 Å². The first-order valence-corrected chi connectivity index (χ1v) is 13.9. The van der Waals surface area contributed by atoms with Gasteiger partial charge in [-0.15, -0.1) is 11.3 Å². The molecular weight excluding hydrogens is 478 g/mol. The third kappa shape index (κ3) is 6.22. The maximum atomic E-state index is 5.27. The zero-order valence-electron chi connectivity index (χ0n) is 22.5. The van der Waals surface area contributed by atoms with Crippen LogP contribution in [0.15, 0.2) is 54.6 Å². The van der Waals surface area contributed by atoms with Gasteiger partial charge in [0, 0.05) is 36.1 Å². The second-order valence-corrected chi connectivity index (χ2v) is 12.0. The molecule has 5 rings (SSSR count). The SMILES string of the molecule is COc1ccc(CNC2CCN(c3nc(NC(C)(C)C)nc4cc(-c5ccc(C)cc5)sc34)CC2)cc1. The van der Waals surface area contributed by atoms with Crippen molar-refractivity contribution >= 4 is 33.3 Å². The van der Waals surface area contributed by atoms with Gasteiger partial charge in [-0.3, -0.25) is 0 Å². The average molecular weight is 516 g/mol. The van der Waals surface area contributed by atoms with Gasteiger partial charge in [-0.1, -0.05) is 42.0 Å². The molecule has 0 spiro atoms. The fourth-order valence-corrected chi connectivity index (χ4v) is 5.80. The van der Waals surface area contributed by atoms with E-state index in [-0.39, 0.29) is 5.54 Å². The number of benzene rings is 2. The summed E-state index contributed by atoms with van der Waals surface area (Å²) >= 11 is 1.79. The minimum atomic E-state index is -0.112. The number of hydrogen-bond acceptors (Lipinski definition) is 7. The molecule has 0 bridgehead atoms. The van der Waals surface area contributed by atoms with E-state index in [0.29, 0.717) is 12.0 Å². The van der Waals surface area contributed by atoms with Crippen molar-refractivity contribution in [3.8, 4) is 16.2 Å². The van der Waals surface area contributed by atoms with E-state index in [2.05, 4.69) is 85.7 Å². The minimum absolute atomic E-state index is 0.112. The van der Waals surface area contributed by atoms with Crippen molar-refractivity contribution in [1.82, 2.24) is 15.3 Å². The number of nitrogens with zero attached hydrogens (tertiary/aromatic N) is 3. The number of thiophene rings is 1. The first-order valence-electron chi connectivity index (χ1n) is 13.1. The van der Waals surface area contributed by atoms with Crippen LogP contribution >= 0.6 is 11.3 Å². The molecule has 0 amide bonds. The Morgan fingerprint density at radius 2 is 1.70 bits per heavy atom. The van der Waals surface area contributed by atoms with Crippen molar-refractivity contribution in [1.29, 1.82) is 0 Å². The Kier molecular flexibility index (Phi) is 7.36. The maximum absolute atomic E-state index is 5.27. The third-order valence-corrected chi connectivity index (χ3v) is 7.89. The highest BCUT2D eigenvalue weighted by Crippen LogP contribution is 2.39. The van der Waals surface area contributed by atoms with Crippen molar-refractivity contribution < 1.29 is 4.74 Å². The molecule has 0 radical (unpaired) electrons. The zero-order chi connectivity index (χ0) is 26.0. The van der Waals surface area contributed by atoms with Crippen LogP contribution in [-0.2, 0) is 6.54 Å². The molecule has 2 aromatic heterocycles. The van der Waals surface area contributed by atoms with Gasteiger partial charge >= 0.3 is 0 Å². The molecule has 1 aliphatic rings. The van der Waals surface area contributed by atoms with Crippen LogP contribution in [0, 0.1) is 6.92 Å². The largest absolute Gasteiger partial charge is 0.497 e. The lowest BCUT2D eigenvalue weighted by atomic mass is 10.0. The number of anilines is 2. The van der Waals surface area contributed by atoms with Gasteiger partial charge in [0.2, 0.25) is 5.95 Å². The number of methoxy groups -OCH3 is 1. The standard InChI is InChI=1S/C30H37N5OS/c1-20-6-10-22(11-7-20)26-18-25-27(37-26)28(33-29(32-25)34-30(2,3)4)35-16-14-23(15-17-35)31-19-21-8-12-24(36-5)13-9-21/h6-13,18,23,31H,14-17,19H2,1-5H3,(H,32,33,34). The molecule has 0 aliphatic carbocycles. The molecule has 6 nitrogen and oxygen atoms in total. The van der Waals surface area contributed by atoms with E-state index >= 15 is 0 Å². The fraction of sp³-hybridized carbons (Fsp3) is 0.400. The predicted octanol–water partition coefficient (Wildman–Crippen LogP) is 6.64. The first-order chi connectivity index (χ1) is 17.8. The number of rotatable bonds is 7. The highest BCUT2D eigenvalue weighted by molar-refractivity contribution is 7.22. The van der Waals surface area contributed by atoms with Crippen LogP contribution in [0.5, 0.6) is 5.75 Å². The monoisotopic (exact) mass is 515 g/mol. The maximum Gasteiger partial charge on any atom is 0.225 e. The molecule has 0 atom stereocenters. The molecule has 37 heavy (non-hydrogen) atoms. The van der Waals surface area contributed by atoms with E-state index in [1.807, 2.05) is 12.1 Å². The molecule has 7 heteroatoms. The van der Waals surface area contributed by atoms with E-state index in [0.717, 1.165) is 49.6 Å². The second-order valence-electron chi connectivity index (χ2n) is 10.9. The van der Waals surface area contributed by atoms with Gasteiger partial charge in [-0.05, 0) is 69.9 Å². The molecule has 3 heterocycles. The van der Waals surface area contributed by atoms with Crippen LogP contribution in [0.2, 0.25) is 0 Å². The van der Waals surface area contributed by atoms with Crippen molar-refractivity contribution in [3.05, 3.63) is 65.7 Å². The summed E-state index contributed by atoms with van der Waals surface area (Å²) in [6.45, 7) is 11.4. The van der Waals surface area contributed by atoms with Crippen molar-refractivity contribution in [2.75, 3.05) is 30.4 Å². The van der Waals surface area contributed by atoms with Gasteiger partial charge in [-0.25, -0.2) is 4.98 Å². The lowest BCUT2D eigenvalue weighted by Gasteiger charge is -2.34. The summed E-state index contributed by atoms with van der Waals surface area (Å²) in [7, 11) is 1.70. The van der Waals surface area contributed by atoms with E-state index < -0.39 is 0 Å². The van der Waals surface area contributed by atoms with Crippen molar-refractivity contribution in [2.24, 2.45) is 0 Å². The Hall–Kier alpha value is -3.16. The summed E-state index contributed by atoms with van der Waals surface area (Å²) in [5.74, 6) is 2.64. The second kappa shape index (κ2) is 10.7. The number of hydrogen-bond donors (Lipinski definition) is 2. The van der Waals surface area contributed by atoms with Crippen LogP contribution in [0.25, 0.3) is 20.7 Å². The Balaban J connectivity index is 1.34. The van der Waals surface area contributed by atoms with Crippen LogP contribution < -0.4 is 20.3 Å². The summed E-state index contributed by atoms with van der Waals surface area (Å²) in [4.78, 5) is 13.6. The van der Waals surface area contributed by atoms with E-state index in [1.54, 1.807) is 18.4 Å². The zero-order valence-corrected chi connectivity index (χ0v) is 23.3. The van der Waals surface area contributed by atoms with Crippen LogP contribution in [-0.4, -0.2) is 41.7 Å². The van der Waals surface area contributed by atoms with Gasteiger partial charge in [-0.2, -0.15) is 4.98 Å². The molecule has 1 aliphatic heterocycles. The van der Waals surface area contributed by atoms with Gasteiger partial charge < -0.3 is 20.3 Å². The quantitative estimate of drug-likeness (QED) is 0.288. The smallest absolute Gasteiger partial charge is 0.225 e. The lowest BCUT2D eigenvalue weighted by Crippen LogP contribution is -2.42. The normalized spacial score (nSPS) is 14.8. The molecule has 4 aromatic rings. The highest BCUT2D eigenvalue weighted by atomic mass is 32.1. The molecule has 1 saturated heterocycles. The third-order valence-electron chi connectivity index (χ3n) is 6.73. The predicted molar refractivity (Wildman–Crippen MR) is 156 cm³/mol. The Morgan fingerprint density at radius 3 is 2.35 bits per heavy atom. The average Bonchev–Trinajstić information content (AvgIpc) is 3.31. The van der Waals surface area contributed by atoms with E-state index in [1.165, 1.54) is 26.3 Å². The summed E-state index contributed by atoms with van der Waals surface area (Å²) in [6, 6.07) is 19.7. The Morgan fingerprint density at radius 1 is 1.00 bits per heavy atom. The number of piperidine rings is 1. The summed E-state index contributed by atoms with van der Waals surface area (Å²) in [6.07, 6.45) is 2.17. The number of fused-ring (bicyclic) bond motifs is 1. The molecule has 0 unspecified atom stereocenters. The van der Waals surface area contributed by atoms with Gasteiger partial charge in [0.05, 0.1) is 17.3 Å². The molecular formula is C30H37N5OS.